The predicted molar refractivity (Wildman–Crippen MR) is 106 cm³/mol. The van der Waals surface area contributed by atoms with Crippen molar-refractivity contribution in [3.05, 3.63) is 62.7 Å². The highest BCUT2D eigenvalue weighted by Gasteiger charge is 2.18. The Labute approximate surface area is 169 Å². The number of para-hydroxylation sites is 2. The molecule has 1 amide bonds. The molecule has 144 valence electrons. The first-order valence-corrected chi connectivity index (χ1v) is 9.44. The summed E-state index contributed by atoms with van der Waals surface area (Å²) in [6.45, 7) is 3.83. The molecule has 0 atom stereocenters. The monoisotopic (exact) mass is 418 g/mol. The van der Waals surface area contributed by atoms with Gasteiger partial charge in [-0.05, 0) is 47.5 Å². The van der Waals surface area contributed by atoms with Crippen LogP contribution in [0.5, 0.6) is 0 Å². The fourth-order valence-corrected chi connectivity index (χ4v) is 3.72. The standard InChI is InChI=1S/C17H15ClN6O3S/c1-10-7-11(2)16(12(18)8-10)23-17(20-21-22-23)28-9-15(25)19-13-5-3-4-6-14(13)24(26)27/h3-8H,9H2,1-2H3,(H,19,25). The summed E-state index contributed by atoms with van der Waals surface area (Å²) in [6, 6.07) is 9.70. The number of thioether (sulfide) groups is 1. The van der Waals surface area contributed by atoms with E-state index in [1.54, 1.807) is 12.1 Å². The van der Waals surface area contributed by atoms with Crippen LogP contribution in [-0.2, 0) is 4.79 Å². The fraction of sp³-hybridized carbons (Fsp3) is 0.176. The Kier molecular flexibility index (Phi) is 5.90. The molecule has 0 radical (unpaired) electrons. The zero-order valence-electron chi connectivity index (χ0n) is 14.9. The van der Waals surface area contributed by atoms with Gasteiger partial charge < -0.3 is 5.32 Å². The zero-order chi connectivity index (χ0) is 20.3. The van der Waals surface area contributed by atoms with E-state index in [1.807, 2.05) is 19.9 Å². The number of anilines is 1. The third kappa shape index (κ3) is 4.29. The van der Waals surface area contributed by atoms with E-state index >= 15 is 0 Å². The van der Waals surface area contributed by atoms with Crippen molar-refractivity contribution >= 4 is 40.6 Å². The Morgan fingerprint density at radius 3 is 2.79 bits per heavy atom. The molecule has 11 heteroatoms. The second-order valence-electron chi connectivity index (χ2n) is 5.90. The van der Waals surface area contributed by atoms with Gasteiger partial charge in [0.25, 0.3) is 5.69 Å². The normalized spacial score (nSPS) is 10.7. The third-order valence-electron chi connectivity index (χ3n) is 3.76. The number of hydrogen-bond acceptors (Lipinski definition) is 7. The number of nitrogens with zero attached hydrogens (tertiary/aromatic N) is 5. The van der Waals surface area contributed by atoms with Gasteiger partial charge in [-0.25, -0.2) is 0 Å². The molecule has 2 aromatic carbocycles. The number of rotatable bonds is 6. The lowest BCUT2D eigenvalue weighted by atomic mass is 10.1. The van der Waals surface area contributed by atoms with Crippen molar-refractivity contribution in [1.82, 2.24) is 20.2 Å². The molecule has 0 aliphatic heterocycles. The van der Waals surface area contributed by atoms with Gasteiger partial charge in [0.1, 0.15) is 5.69 Å². The number of carbonyl (C=O) groups excluding carboxylic acids is 1. The molecule has 0 unspecified atom stereocenters. The highest BCUT2D eigenvalue weighted by molar-refractivity contribution is 7.99. The minimum Gasteiger partial charge on any atom is -0.320 e. The maximum absolute atomic E-state index is 12.3. The van der Waals surface area contributed by atoms with Gasteiger partial charge in [-0.1, -0.05) is 41.6 Å². The van der Waals surface area contributed by atoms with Gasteiger partial charge in [-0.3, -0.25) is 14.9 Å². The number of benzene rings is 2. The highest BCUT2D eigenvalue weighted by atomic mass is 35.5. The van der Waals surface area contributed by atoms with Crippen LogP contribution >= 0.6 is 23.4 Å². The van der Waals surface area contributed by atoms with Gasteiger partial charge >= 0.3 is 0 Å². The maximum Gasteiger partial charge on any atom is 0.292 e. The number of tetrazole rings is 1. The van der Waals surface area contributed by atoms with Gasteiger partial charge in [0.05, 0.1) is 21.4 Å². The summed E-state index contributed by atoms with van der Waals surface area (Å²) in [5.74, 6) is -0.449. The molecule has 28 heavy (non-hydrogen) atoms. The number of carbonyl (C=O) groups is 1. The lowest BCUT2D eigenvalue weighted by Crippen LogP contribution is -2.15. The zero-order valence-corrected chi connectivity index (χ0v) is 16.5. The van der Waals surface area contributed by atoms with Crippen molar-refractivity contribution in [2.24, 2.45) is 0 Å². The van der Waals surface area contributed by atoms with Crippen LogP contribution in [0.1, 0.15) is 11.1 Å². The van der Waals surface area contributed by atoms with E-state index in [0.717, 1.165) is 22.9 Å². The summed E-state index contributed by atoms with van der Waals surface area (Å²) in [5.41, 5.74) is 2.50. The second kappa shape index (κ2) is 8.36. The van der Waals surface area contributed by atoms with Crippen LogP contribution in [0.25, 0.3) is 5.69 Å². The Morgan fingerprint density at radius 1 is 1.32 bits per heavy atom. The molecule has 1 aromatic heterocycles. The molecule has 0 saturated heterocycles. The Hall–Kier alpha value is -2.98. The van der Waals surface area contributed by atoms with E-state index in [4.69, 9.17) is 11.6 Å². The van der Waals surface area contributed by atoms with Gasteiger partial charge in [0.15, 0.2) is 0 Å². The molecule has 1 heterocycles. The molecule has 1 N–H and O–H groups in total. The minimum absolute atomic E-state index is 0.0328. The van der Waals surface area contributed by atoms with Crippen molar-refractivity contribution in [2.75, 3.05) is 11.1 Å². The number of amides is 1. The highest BCUT2D eigenvalue weighted by Crippen LogP contribution is 2.29. The van der Waals surface area contributed by atoms with Crippen molar-refractivity contribution in [2.45, 2.75) is 19.0 Å². The first-order chi connectivity index (χ1) is 13.4. The Bertz CT molecular complexity index is 1030. The van der Waals surface area contributed by atoms with Crippen molar-refractivity contribution < 1.29 is 9.72 Å². The predicted octanol–water partition coefficient (Wildman–Crippen LogP) is 3.57. The van der Waals surface area contributed by atoms with E-state index in [0.29, 0.717) is 15.9 Å². The number of halogens is 1. The summed E-state index contributed by atoms with van der Waals surface area (Å²) in [6.07, 6.45) is 0. The summed E-state index contributed by atoms with van der Waals surface area (Å²) >= 11 is 7.44. The molecular formula is C17H15ClN6O3S. The summed E-state index contributed by atoms with van der Waals surface area (Å²) in [5, 5.41) is 26.0. The molecule has 0 saturated carbocycles. The average molecular weight is 419 g/mol. The summed E-state index contributed by atoms with van der Waals surface area (Å²) < 4.78 is 1.47. The molecule has 0 aliphatic carbocycles. The van der Waals surface area contributed by atoms with E-state index < -0.39 is 10.8 Å². The largest absolute Gasteiger partial charge is 0.320 e. The summed E-state index contributed by atoms with van der Waals surface area (Å²) in [7, 11) is 0. The average Bonchev–Trinajstić information content (AvgIpc) is 3.07. The Balaban J connectivity index is 1.75. The first kappa shape index (κ1) is 19.8. The van der Waals surface area contributed by atoms with Gasteiger partial charge in [0, 0.05) is 6.07 Å². The molecule has 0 bridgehead atoms. The first-order valence-electron chi connectivity index (χ1n) is 8.08. The van der Waals surface area contributed by atoms with Crippen LogP contribution in [0.4, 0.5) is 11.4 Å². The van der Waals surface area contributed by atoms with E-state index in [1.165, 1.54) is 22.9 Å². The van der Waals surface area contributed by atoms with Crippen LogP contribution in [0.3, 0.4) is 0 Å². The number of aryl methyl sites for hydroxylation is 2. The molecule has 0 aliphatic rings. The quantitative estimate of drug-likeness (QED) is 0.369. The summed E-state index contributed by atoms with van der Waals surface area (Å²) in [4.78, 5) is 22.7. The topological polar surface area (TPSA) is 116 Å². The van der Waals surface area contributed by atoms with E-state index in [9.17, 15) is 14.9 Å². The molecule has 3 aromatic rings. The number of nitrogens with one attached hydrogen (secondary N) is 1. The van der Waals surface area contributed by atoms with Crippen LogP contribution in [0.2, 0.25) is 5.02 Å². The molecule has 0 fully saturated rings. The number of aromatic nitrogens is 4. The van der Waals surface area contributed by atoms with Gasteiger partial charge in [-0.2, -0.15) is 4.68 Å². The molecule has 9 nitrogen and oxygen atoms in total. The van der Waals surface area contributed by atoms with E-state index in [2.05, 4.69) is 20.8 Å². The smallest absolute Gasteiger partial charge is 0.292 e. The van der Waals surface area contributed by atoms with Crippen molar-refractivity contribution in [1.29, 1.82) is 0 Å². The van der Waals surface area contributed by atoms with Crippen molar-refractivity contribution in [3.63, 3.8) is 0 Å². The Morgan fingerprint density at radius 2 is 2.07 bits per heavy atom. The number of nitro groups is 1. The van der Waals surface area contributed by atoms with Gasteiger partial charge in [0.2, 0.25) is 11.1 Å². The second-order valence-corrected chi connectivity index (χ2v) is 7.25. The van der Waals surface area contributed by atoms with Crippen molar-refractivity contribution in [3.8, 4) is 5.69 Å². The van der Waals surface area contributed by atoms with Crippen LogP contribution in [0, 0.1) is 24.0 Å². The fourth-order valence-electron chi connectivity index (χ4n) is 2.64. The lowest BCUT2D eigenvalue weighted by molar-refractivity contribution is -0.383. The van der Waals surface area contributed by atoms with Crippen LogP contribution in [0.15, 0.2) is 41.6 Å². The number of nitro benzene ring substituents is 1. The van der Waals surface area contributed by atoms with Crippen LogP contribution < -0.4 is 5.32 Å². The minimum atomic E-state index is -0.550. The lowest BCUT2D eigenvalue weighted by Gasteiger charge is -2.11. The van der Waals surface area contributed by atoms with Crippen LogP contribution in [-0.4, -0.2) is 36.8 Å². The SMILES string of the molecule is Cc1cc(C)c(-n2nnnc2SCC(=O)Nc2ccccc2[N+](=O)[O-])c(Cl)c1. The third-order valence-corrected chi connectivity index (χ3v) is 4.97. The molecule has 0 spiro atoms. The maximum atomic E-state index is 12.3. The van der Waals surface area contributed by atoms with Gasteiger partial charge in [-0.15, -0.1) is 5.10 Å². The molecule has 3 rings (SSSR count). The van der Waals surface area contributed by atoms with E-state index in [-0.39, 0.29) is 17.1 Å². The number of hydrogen-bond donors (Lipinski definition) is 1. The molecular weight excluding hydrogens is 404 g/mol.